The van der Waals surface area contributed by atoms with Crippen LogP contribution in [0.2, 0.25) is 0 Å². The summed E-state index contributed by atoms with van der Waals surface area (Å²) in [5.41, 5.74) is 1.24. The molecule has 1 aromatic carbocycles. The average Bonchev–Trinajstić information content (AvgIpc) is 2.51. The highest BCUT2D eigenvalue weighted by molar-refractivity contribution is 5.73. The van der Waals surface area contributed by atoms with E-state index in [-0.39, 0.29) is 17.4 Å². The van der Waals surface area contributed by atoms with Gasteiger partial charge in [0.15, 0.2) is 0 Å². The van der Waals surface area contributed by atoms with Crippen LogP contribution in [0.5, 0.6) is 0 Å². The summed E-state index contributed by atoms with van der Waals surface area (Å²) in [6.45, 7) is 2.64. The monoisotopic (exact) mass is 304 g/mol. The second-order valence-electron chi connectivity index (χ2n) is 4.81. The molecule has 0 fully saturated rings. The van der Waals surface area contributed by atoms with E-state index in [0.29, 0.717) is 25.2 Å². The fraction of sp³-hybridized carbons (Fsp3) is 0.267. The number of urea groups is 1. The van der Waals surface area contributed by atoms with Crippen LogP contribution >= 0.6 is 0 Å². The Hall–Kier alpha value is -2.70. The van der Waals surface area contributed by atoms with E-state index in [9.17, 15) is 14.0 Å². The average molecular weight is 304 g/mol. The van der Waals surface area contributed by atoms with Crippen LogP contribution < -0.4 is 16.2 Å². The molecule has 22 heavy (non-hydrogen) atoms. The number of benzene rings is 1. The summed E-state index contributed by atoms with van der Waals surface area (Å²) in [5, 5.41) is 5.30. The summed E-state index contributed by atoms with van der Waals surface area (Å²) >= 11 is 0. The molecule has 0 bridgehead atoms. The van der Waals surface area contributed by atoms with Crippen LogP contribution in [0, 0.1) is 12.7 Å². The minimum Gasteiger partial charge on any atom is -0.336 e. The molecule has 7 heteroatoms. The molecule has 0 aliphatic heterocycles. The lowest BCUT2D eigenvalue weighted by Gasteiger charge is -2.09. The smallest absolute Gasteiger partial charge is 0.315 e. The summed E-state index contributed by atoms with van der Waals surface area (Å²) < 4.78 is 14.2. The number of aromatic nitrogens is 2. The minimum atomic E-state index is -0.349. The van der Waals surface area contributed by atoms with E-state index in [1.807, 2.05) is 0 Å². The van der Waals surface area contributed by atoms with Gasteiger partial charge in [0.05, 0.1) is 6.33 Å². The topological polar surface area (TPSA) is 76.0 Å². The standard InChI is InChI=1S/C15H17FN4O2/c1-11-8-17-10-20(14(11)21)7-6-18-15(22)19-9-12-2-4-13(16)5-3-12/h2-5,8,10H,6-7,9H2,1H3,(H2,18,19,22). The van der Waals surface area contributed by atoms with Crippen LogP contribution in [0.3, 0.4) is 0 Å². The van der Waals surface area contributed by atoms with Gasteiger partial charge in [-0.25, -0.2) is 14.2 Å². The van der Waals surface area contributed by atoms with Gasteiger partial charge in [-0.3, -0.25) is 9.36 Å². The van der Waals surface area contributed by atoms with Crippen molar-refractivity contribution in [3.05, 3.63) is 64.1 Å². The van der Waals surface area contributed by atoms with E-state index >= 15 is 0 Å². The Balaban J connectivity index is 1.75. The quantitative estimate of drug-likeness (QED) is 0.871. The molecule has 0 aliphatic carbocycles. The number of rotatable bonds is 5. The van der Waals surface area contributed by atoms with Gasteiger partial charge in [0.25, 0.3) is 5.56 Å². The molecule has 0 spiro atoms. The minimum absolute atomic E-state index is 0.122. The molecule has 0 radical (unpaired) electrons. The lowest BCUT2D eigenvalue weighted by molar-refractivity contribution is 0.240. The van der Waals surface area contributed by atoms with Crippen molar-refractivity contribution in [1.29, 1.82) is 0 Å². The Morgan fingerprint density at radius 1 is 1.27 bits per heavy atom. The van der Waals surface area contributed by atoms with Gasteiger partial charge in [-0.2, -0.15) is 0 Å². The molecule has 0 saturated heterocycles. The second kappa shape index (κ2) is 7.35. The number of amides is 2. The van der Waals surface area contributed by atoms with Crippen molar-refractivity contribution in [3.8, 4) is 0 Å². The van der Waals surface area contributed by atoms with Crippen molar-refractivity contribution in [2.75, 3.05) is 6.54 Å². The zero-order chi connectivity index (χ0) is 15.9. The van der Waals surface area contributed by atoms with E-state index in [2.05, 4.69) is 15.6 Å². The van der Waals surface area contributed by atoms with E-state index in [4.69, 9.17) is 0 Å². The number of hydrogen-bond acceptors (Lipinski definition) is 3. The van der Waals surface area contributed by atoms with E-state index in [0.717, 1.165) is 5.56 Å². The fourth-order valence-electron chi connectivity index (χ4n) is 1.86. The van der Waals surface area contributed by atoms with Gasteiger partial charge in [-0.05, 0) is 24.6 Å². The van der Waals surface area contributed by atoms with E-state index in [1.165, 1.54) is 29.2 Å². The largest absolute Gasteiger partial charge is 0.336 e. The van der Waals surface area contributed by atoms with Crippen molar-refractivity contribution < 1.29 is 9.18 Å². The Morgan fingerprint density at radius 2 is 2.00 bits per heavy atom. The van der Waals surface area contributed by atoms with Crippen LogP contribution in [0.4, 0.5) is 9.18 Å². The Bertz CT molecular complexity index is 697. The van der Waals surface area contributed by atoms with Crippen LogP contribution in [0.15, 0.2) is 41.6 Å². The molecule has 2 rings (SSSR count). The summed E-state index contributed by atoms with van der Waals surface area (Å²) in [4.78, 5) is 27.3. The van der Waals surface area contributed by atoms with Gasteiger partial charge in [0.1, 0.15) is 5.82 Å². The normalized spacial score (nSPS) is 10.3. The molecule has 116 valence electrons. The number of aryl methyl sites for hydroxylation is 1. The zero-order valence-electron chi connectivity index (χ0n) is 12.2. The van der Waals surface area contributed by atoms with Crippen molar-refractivity contribution in [1.82, 2.24) is 20.2 Å². The number of halogens is 1. The highest BCUT2D eigenvalue weighted by Crippen LogP contribution is 2.01. The van der Waals surface area contributed by atoms with Crippen LogP contribution in [-0.4, -0.2) is 22.1 Å². The third kappa shape index (κ3) is 4.41. The van der Waals surface area contributed by atoms with Gasteiger partial charge in [0, 0.05) is 31.4 Å². The molecule has 2 N–H and O–H groups in total. The molecule has 0 saturated carbocycles. The number of nitrogens with zero attached hydrogens (tertiary/aromatic N) is 2. The maximum atomic E-state index is 12.7. The van der Waals surface area contributed by atoms with Crippen LogP contribution in [0.1, 0.15) is 11.1 Å². The first-order chi connectivity index (χ1) is 10.6. The van der Waals surface area contributed by atoms with Crippen molar-refractivity contribution in [2.24, 2.45) is 0 Å². The van der Waals surface area contributed by atoms with E-state index in [1.54, 1.807) is 19.1 Å². The molecular formula is C15H17FN4O2. The molecule has 0 atom stereocenters. The first-order valence-corrected chi connectivity index (χ1v) is 6.83. The van der Waals surface area contributed by atoms with Crippen LogP contribution in [-0.2, 0) is 13.1 Å². The third-order valence-corrected chi connectivity index (χ3v) is 3.08. The second-order valence-corrected chi connectivity index (χ2v) is 4.81. The number of carbonyl (C=O) groups is 1. The van der Waals surface area contributed by atoms with Crippen LogP contribution in [0.25, 0.3) is 0 Å². The van der Waals surface area contributed by atoms with Gasteiger partial charge < -0.3 is 10.6 Å². The zero-order valence-corrected chi connectivity index (χ0v) is 12.2. The van der Waals surface area contributed by atoms with Gasteiger partial charge in [-0.15, -0.1) is 0 Å². The first kappa shape index (κ1) is 15.7. The Morgan fingerprint density at radius 3 is 2.73 bits per heavy atom. The summed E-state index contributed by atoms with van der Waals surface area (Å²) in [6, 6.07) is 5.54. The Labute approximate surface area is 127 Å². The first-order valence-electron chi connectivity index (χ1n) is 6.83. The highest BCUT2D eigenvalue weighted by atomic mass is 19.1. The maximum Gasteiger partial charge on any atom is 0.315 e. The summed E-state index contributed by atoms with van der Waals surface area (Å²) in [6.07, 6.45) is 2.94. The molecule has 2 amide bonds. The van der Waals surface area contributed by atoms with Crippen molar-refractivity contribution >= 4 is 6.03 Å². The molecular weight excluding hydrogens is 287 g/mol. The van der Waals surface area contributed by atoms with Gasteiger partial charge >= 0.3 is 6.03 Å². The number of nitrogens with one attached hydrogen (secondary N) is 2. The maximum absolute atomic E-state index is 12.7. The Kier molecular flexibility index (Phi) is 5.24. The number of hydrogen-bond donors (Lipinski definition) is 2. The summed E-state index contributed by atoms with van der Waals surface area (Å²) in [5.74, 6) is -0.314. The van der Waals surface area contributed by atoms with Gasteiger partial charge in [0.2, 0.25) is 0 Å². The molecule has 0 aliphatic rings. The molecule has 0 unspecified atom stereocenters. The highest BCUT2D eigenvalue weighted by Gasteiger charge is 2.02. The fourth-order valence-corrected chi connectivity index (χ4v) is 1.86. The predicted molar refractivity (Wildman–Crippen MR) is 79.9 cm³/mol. The molecule has 1 heterocycles. The number of carbonyl (C=O) groups excluding carboxylic acids is 1. The predicted octanol–water partition coefficient (Wildman–Crippen LogP) is 1.19. The van der Waals surface area contributed by atoms with Crippen molar-refractivity contribution in [2.45, 2.75) is 20.0 Å². The lowest BCUT2D eigenvalue weighted by atomic mass is 10.2. The molecule has 2 aromatic rings. The van der Waals surface area contributed by atoms with E-state index < -0.39 is 0 Å². The summed E-state index contributed by atoms with van der Waals surface area (Å²) in [7, 11) is 0. The molecule has 1 aromatic heterocycles. The van der Waals surface area contributed by atoms with Gasteiger partial charge in [-0.1, -0.05) is 12.1 Å². The molecule has 6 nitrogen and oxygen atoms in total. The van der Waals surface area contributed by atoms with Crippen molar-refractivity contribution in [3.63, 3.8) is 0 Å². The SMILES string of the molecule is Cc1cncn(CCNC(=O)NCc2ccc(F)cc2)c1=O. The lowest BCUT2D eigenvalue weighted by Crippen LogP contribution is -2.38. The third-order valence-electron chi connectivity index (χ3n) is 3.08.